The molecule has 0 saturated carbocycles. The molecule has 0 aromatic heterocycles. The standard InChI is InChI=1S/C21H24N2O4S/c1-3-27-19-8-7-18(11-14(19)2)28(25,26)22-17-12-15-5-4-10-23-20(24)9-6-16(13-17)21(15)23/h7-8,11-13,22H,3-6,9-10H2,1-2H3. The molecule has 2 aromatic carbocycles. The van der Waals surface area contributed by atoms with Crippen molar-refractivity contribution in [2.45, 2.75) is 44.4 Å². The van der Waals surface area contributed by atoms with Gasteiger partial charge in [0.2, 0.25) is 5.91 Å². The number of aryl methyl sites for hydroxylation is 3. The Morgan fingerprint density at radius 1 is 1.11 bits per heavy atom. The van der Waals surface area contributed by atoms with Crippen LogP contribution in [-0.4, -0.2) is 27.5 Å². The Hall–Kier alpha value is -2.54. The van der Waals surface area contributed by atoms with Crippen LogP contribution in [0.15, 0.2) is 35.2 Å². The van der Waals surface area contributed by atoms with E-state index in [1.807, 2.05) is 30.9 Å². The second kappa shape index (κ2) is 7.13. The van der Waals surface area contributed by atoms with Crippen molar-refractivity contribution in [1.82, 2.24) is 0 Å². The first-order valence-electron chi connectivity index (χ1n) is 9.61. The van der Waals surface area contributed by atoms with E-state index in [-0.39, 0.29) is 10.8 Å². The SMILES string of the molecule is CCOc1ccc(S(=O)(=O)Nc2cc3c4c(c2)CCC(=O)N4CCC3)cc1C. The van der Waals surface area contributed by atoms with Gasteiger partial charge in [0, 0.05) is 18.7 Å². The van der Waals surface area contributed by atoms with Crippen LogP contribution in [0.3, 0.4) is 0 Å². The largest absolute Gasteiger partial charge is 0.494 e. The molecule has 148 valence electrons. The van der Waals surface area contributed by atoms with Crippen LogP contribution in [0.4, 0.5) is 11.4 Å². The Morgan fingerprint density at radius 2 is 1.86 bits per heavy atom. The van der Waals surface area contributed by atoms with Gasteiger partial charge in [0.1, 0.15) is 5.75 Å². The molecular weight excluding hydrogens is 376 g/mol. The van der Waals surface area contributed by atoms with Gasteiger partial charge in [0.05, 0.1) is 17.2 Å². The number of hydrogen-bond donors (Lipinski definition) is 1. The summed E-state index contributed by atoms with van der Waals surface area (Å²) in [5.74, 6) is 0.844. The van der Waals surface area contributed by atoms with Crippen LogP contribution < -0.4 is 14.4 Å². The molecule has 2 aliphatic rings. The van der Waals surface area contributed by atoms with Crippen LogP contribution in [0, 0.1) is 6.92 Å². The summed E-state index contributed by atoms with van der Waals surface area (Å²) in [5.41, 5.74) is 4.40. The van der Waals surface area contributed by atoms with Crippen molar-refractivity contribution in [1.29, 1.82) is 0 Å². The van der Waals surface area contributed by atoms with Crippen LogP contribution in [-0.2, 0) is 27.7 Å². The van der Waals surface area contributed by atoms with E-state index < -0.39 is 10.0 Å². The number of ether oxygens (including phenoxy) is 1. The van der Waals surface area contributed by atoms with Crippen molar-refractivity contribution in [3.63, 3.8) is 0 Å². The lowest BCUT2D eigenvalue weighted by molar-refractivity contribution is -0.119. The van der Waals surface area contributed by atoms with E-state index in [0.717, 1.165) is 41.8 Å². The molecule has 7 heteroatoms. The van der Waals surface area contributed by atoms with Crippen molar-refractivity contribution in [2.75, 3.05) is 22.8 Å². The number of carbonyl (C=O) groups is 1. The monoisotopic (exact) mass is 400 g/mol. The lowest BCUT2D eigenvalue weighted by Gasteiger charge is -2.35. The third-order valence-electron chi connectivity index (χ3n) is 5.28. The fourth-order valence-corrected chi connectivity index (χ4v) is 5.16. The van der Waals surface area contributed by atoms with Crippen molar-refractivity contribution < 1.29 is 17.9 Å². The van der Waals surface area contributed by atoms with E-state index in [1.54, 1.807) is 18.2 Å². The summed E-state index contributed by atoms with van der Waals surface area (Å²) in [6.07, 6.45) is 2.87. The number of hydrogen-bond acceptors (Lipinski definition) is 4. The summed E-state index contributed by atoms with van der Waals surface area (Å²) in [6, 6.07) is 8.60. The predicted molar refractivity (Wildman–Crippen MR) is 109 cm³/mol. The molecule has 4 rings (SSSR count). The van der Waals surface area contributed by atoms with Crippen molar-refractivity contribution in [3.8, 4) is 5.75 Å². The van der Waals surface area contributed by atoms with Gasteiger partial charge in [-0.15, -0.1) is 0 Å². The number of benzene rings is 2. The Balaban J connectivity index is 1.66. The molecule has 6 nitrogen and oxygen atoms in total. The van der Waals surface area contributed by atoms with Crippen LogP contribution >= 0.6 is 0 Å². The Kier molecular flexibility index (Phi) is 4.79. The minimum absolute atomic E-state index is 0.159. The maximum Gasteiger partial charge on any atom is 0.261 e. The molecule has 1 amide bonds. The summed E-state index contributed by atoms with van der Waals surface area (Å²) < 4.78 is 34.0. The number of amides is 1. The minimum atomic E-state index is -3.71. The van der Waals surface area contributed by atoms with Crippen molar-refractivity contribution in [3.05, 3.63) is 47.0 Å². The van der Waals surface area contributed by atoms with Crippen LogP contribution in [0.25, 0.3) is 0 Å². The van der Waals surface area contributed by atoms with Gasteiger partial charge in [-0.2, -0.15) is 0 Å². The van der Waals surface area contributed by atoms with Gasteiger partial charge < -0.3 is 9.64 Å². The highest BCUT2D eigenvalue weighted by molar-refractivity contribution is 7.92. The van der Waals surface area contributed by atoms with E-state index in [1.165, 1.54) is 0 Å². The molecule has 0 saturated heterocycles. The third-order valence-corrected chi connectivity index (χ3v) is 6.66. The van der Waals surface area contributed by atoms with Gasteiger partial charge in [0.25, 0.3) is 10.0 Å². The number of nitrogens with one attached hydrogen (secondary N) is 1. The lowest BCUT2D eigenvalue weighted by atomic mass is 9.91. The molecule has 1 N–H and O–H groups in total. The van der Waals surface area contributed by atoms with E-state index in [0.29, 0.717) is 30.9 Å². The number of rotatable bonds is 5. The Labute approximate surface area is 165 Å². The van der Waals surface area contributed by atoms with E-state index in [9.17, 15) is 13.2 Å². The molecule has 2 heterocycles. The first-order chi connectivity index (χ1) is 13.4. The fraction of sp³-hybridized carbons (Fsp3) is 0.381. The van der Waals surface area contributed by atoms with Crippen molar-refractivity contribution in [2.24, 2.45) is 0 Å². The van der Waals surface area contributed by atoms with E-state index in [2.05, 4.69) is 4.72 Å². The molecule has 2 aromatic rings. The van der Waals surface area contributed by atoms with Crippen LogP contribution in [0.2, 0.25) is 0 Å². The molecule has 0 bridgehead atoms. The van der Waals surface area contributed by atoms with Gasteiger partial charge in [-0.1, -0.05) is 0 Å². The average Bonchev–Trinajstić information content (AvgIpc) is 2.66. The smallest absolute Gasteiger partial charge is 0.261 e. The second-order valence-corrected chi connectivity index (χ2v) is 8.94. The van der Waals surface area contributed by atoms with Gasteiger partial charge in [-0.25, -0.2) is 8.42 Å². The zero-order valence-electron chi connectivity index (χ0n) is 16.1. The van der Waals surface area contributed by atoms with Gasteiger partial charge in [-0.05, 0) is 80.1 Å². The van der Waals surface area contributed by atoms with E-state index in [4.69, 9.17) is 4.74 Å². The molecule has 2 aliphatic heterocycles. The molecular formula is C21H24N2O4S. The van der Waals surface area contributed by atoms with Crippen LogP contribution in [0.1, 0.15) is 36.5 Å². The first-order valence-corrected chi connectivity index (χ1v) is 11.1. The van der Waals surface area contributed by atoms with Gasteiger partial charge >= 0.3 is 0 Å². The van der Waals surface area contributed by atoms with Crippen LogP contribution in [0.5, 0.6) is 5.75 Å². The zero-order valence-corrected chi connectivity index (χ0v) is 16.9. The fourth-order valence-electron chi connectivity index (χ4n) is 4.03. The molecule has 0 spiro atoms. The van der Waals surface area contributed by atoms with Crippen molar-refractivity contribution >= 4 is 27.3 Å². The quantitative estimate of drug-likeness (QED) is 0.834. The average molecular weight is 401 g/mol. The number of sulfonamides is 1. The highest BCUT2D eigenvalue weighted by Gasteiger charge is 2.30. The lowest BCUT2D eigenvalue weighted by Crippen LogP contribution is -2.39. The summed E-state index contributed by atoms with van der Waals surface area (Å²) in [7, 11) is -3.71. The third kappa shape index (κ3) is 3.35. The molecule has 0 fully saturated rings. The summed E-state index contributed by atoms with van der Waals surface area (Å²) in [5, 5.41) is 0. The maximum atomic E-state index is 12.9. The summed E-state index contributed by atoms with van der Waals surface area (Å²) >= 11 is 0. The highest BCUT2D eigenvalue weighted by atomic mass is 32.2. The topological polar surface area (TPSA) is 75.7 Å². The Bertz CT molecular complexity index is 1030. The number of anilines is 2. The molecule has 0 unspecified atom stereocenters. The van der Waals surface area contributed by atoms with Gasteiger partial charge in [0.15, 0.2) is 0 Å². The molecule has 28 heavy (non-hydrogen) atoms. The number of carbonyl (C=O) groups excluding carboxylic acids is 1. The second-order valence-electron chi connectivity index (χ2n) is 7.26. The molecule has 0 atom stereocenters. The predicted octanol–water partition coefficient (Wildman–Crippen LogP) is 3.42. The molecule has 0 radical (unpaired) electrons. The summed E-state index contributed by atoms with van der Waals surface area (Å²) in [4.78, 5) is 14.2. The van der Waals surface area contributed by atoms with E-state index >= 15 is 0 Å². The summed E-state index contributed by atoms with van der Waals surface area (Å²) in [6.45, 7) is 5.00. The molecule has 0 aliphatic carbocycles. The Morgan fingerprint density at radius 3 is 2.57 bits per heavy atom. The first kappa shape index (κ1) is 18.8. The number of nitrogens with zero attached hydrogens (tertiary/aromatic N) is 1. The normalized spacial score (nSPS) is 15.9. The van der Waals surface area contributed by atoms with Gasteiger partial charge in [-0.3, -0.25) is 9.52 Å². The zero-order chi connectivity index (χ0) is 19.9. The maximum absolute atomic E-state index is 12.9. The highest BCUT2D eigenvalue weighted by Crippen LogP contribution is 2.38. The minimum Gasteiger partial charge on any atom is -0.494 e.